The largest absolute Gasteiger partial charge is 0.467 e. The maximum atomic E-state index is 12.6. The van der Waals surface area contributed by atoms with Crippen LogP contribution in [0.2, 0.25) is 0 Å². The van der Waals surface area contributed by atoms with E-state index >= 15 is 0 Å². The van der Waals surface area contributed by atoms with E-state index < -0.39 is 23.5 Å². The molecule has 3 saturated carbocycles. The average Bonchev–Trinajstić information content (AvgIpc) is 3.23. The first-order valence-corrected chi connectivity index (χ1v) is 14.6. The monoisotopic (exact) mass is 550 g/mol. The Morgan fingerprint density at radius 1 is 1.05 bits per heavy atom. The number of hydrogen-bond acceptors (Lipinski definition) is 7. The number of rotatable bonds is 7. The summed E-state index contributed by atoms with van der Waals surface area (Å²) >= 11 is 0. The van der Waals surface area contributed by atoms with Gasteiger partial charge in [0.05, 0.1) is 12.8 Å². The number of methoxy groups -OCH3 is 1. The molecule has 5 rings (SSSR count). The number of aliphatic hydroxyl groups is 1. The molecule has 0 heterocycles. The number of fused-ring (bicyclic) bond motifs is 5. The van der Waals surface area contributed by atoms with Crippen LogP contribution in [0.1, 0.15) is 83.7 Å². The molecule has 7 atom stereocenters. The van der Waals surface area contributed by atoms with E-state index in [1.165, 1.54) is 12.7 Å². The zero-order valence-electron chi connectivity index (χ0n) is 24.1. The van der Waals surface area contributed by atoms with E-state index in [-0.39, 0.29) is 23.2 Å². The molecular weight excluding hydrogens is 508 g/mol. The molecule has 3 fully saturated rings. The summed E-state index contributed by atoms with van der Waals surface area (Å²) in [4.78, 5) is 42.7. The van der Waals surface area contributed by atoms with Crippen molar-refractivity contribution in [2.24, 2.45) is 33.7 Å². The maximum absolute atomic E-state index is 12.6. The lowest BCUT2D eigenvalue weighted by atomic mass is 9.46. The fourth-order valence-corrected chi connectivity index (χ4v) is 8.66. The van der Waals surface area contributed by atoms with E-state index in [1.807, 2.05) is 6.07 Å². The number of hydrogen-bond donors (Lipinski definition) is 2. The lowest BCUT2D eigenvalue weighted by molar-refractivity contribution is -0.159. The second kappa shape index (κ2) is 10.8. The normalized spacial score (nSPS) is 36.4. The van der Waals surface area contributed by atoms with Crippen LogP contribution in [0, 0.1) is 28.6 Å². The highest BCUT2D eigenvalue weighted by molar-refractivity contribution is 5.96. The molecule has 8 heteroatoms. The molecule has 1 aromatic rings. The molecule has 0 aromatic heterocycles. The zero-order chi connectivity index (χ0) is 28.7. The van der Waals surface area contributed by atoms with Gasteiger partial charge in [0, 0.05) is 5.41 Å². The van der Waals surface area contributed by atoms with Gasteiger partial charge in [0.15, 0.2) is 18.4 Å². The van der Waals surface area contributed by atoms with Crippen LogP contribution in [0.25, 0.3) is 0 Å². The summed E-state index contributed by atoms with van der Waals surface area (Å²) in [7, 11) is 1.29. The molecule has 0 spiro atoms. The number of allylic oxidation sites excluding steroid dienone is 2. The molecule has 1 aromatic carbocycles. The summed E-state index contributed by atoms with van der Waals surface area (Å²) in [5.41, 5.74) is 1.41. The van der Waals surface area contributed by atoms with Crippen molar-refractivity contribution in [2.45, 2.75) is 83.8 Å². The molecule has 0 bridgehead atoms. The fourth-order valence-electron chi connectivity index (χ4n) is 8.66. The Labute approximate surface area is 236 Å². The van der Waals surface area contributed by atoms with Crippen molar-refractivity contribution >= 4 is 23.4 Å². The molecule has 216 valence electrons. The number of oxime groups is 1. The Morgan fingerprint density at radius 3 is 2.48 bits per heavy atom. The first-order chi connectivity index (χ1) is 19.0. The molecule has 4 aliphatic rings. The number of Topliss-reactive ketones (excluding diaryl/α,β-unsaturated/α-hetero) is 1. The van der Waals surface area contributed by atoms with E-state index in [1.54, 1.807) is 31.2 Å². The quantitative estimate of drug-likeness (QED) is 0.377. The highest BCUT2D eigenvalue weighted by Gasteiger charge is 2.65. The minimum absolute atomic E-state index is 0.0704. The lowest BCUT2D eigenvalue weighted by Gasteiger charge is -2.59. The smallest absolute Gasteiger partial charge is 0.333 e. The SMILES string of the molecule is COC(=O)C(NC(=O)CON=C1C=C2CC[C@@H]3[C@H](CC[C@@]4(C)[C@H]3CC[C@]4(O)C(C)=O)[C@@]2(C)CC1)c1ccccc1. The Hall–Kier alpha value is -3.00. The van der Waals surface area contributed by atoms with E-state index in [4.69, 9.17) is 9.57 Å². The molecule has 8 nitrogen and oxygen atoms in total. The van der Waals surface area contributed by atoms with Crippen LogP contribution >= 0.6 is 0 Å². The number of benzene rings is 1. The Kier molecular flexibility index (Phi) is 7.68. The molecule has 4 aliphatic carbocycles. The van der Waals surface area contributed by atoms with Crippen molar-refractivity contribution in [1.29, 1.82) is 0 Å². The predicted molar refractivity (Wildman–Crippen MR) is 150 cm³/mol. The number of amides is 1. The van der Waals surface area contributed by atoms with E-state index in [0.717, 1.165) is 50.7 Å². The van der Waals surface area contributed by atoms with Gasteiger partial charge >= 0.3 is 5.97 Å². The van der Waals surface area contributed by atoms with E-state index in [2.05, 4.69) is 30.4 Å². The third-order valence-electron chi connectivity index (χ3n) is 11.0. The average molecular weight is 551 g/mol. The van der Waals surface area contributed by atoms with Gasteiger partial charge in [0.25, 0.3) is 5.91 Å². The second-order valence-corrected chi connectivity index (χ2v) is 12.7. The second-order valence-electron chi connectivity index (χ2n) is 12.7. The molecular formula is C32H42N2O6. The van der Waals surface area contributed by atoms with E-state index in [9.17, 15) is 19.5 Å². The van der Waals surface area contributed by atoms with Crippen LogP contribution in [-0.2, 0) is 24.0 Å². The Bertz CT molecular complexity index is 1230. The van der Waals surface area contributed by atoms with Gasteiger partial charge < -0.3 is 20.0 Å². The molecule has 1 amide bonds. The van der Waals surface area contributed by atoms with E-state index in [0.29, 0.717) is 29.7 Å². The minimum atomic E-state index is -1.19. The van der Waals surface area contributed by atoms with Crippen LogP contribution in [0.15, 0.2) is 47.1 Å². The van der Waals surface area contributed by atoms with Crippen LogP contribution in [-0.4, -0.2) is 47.8 Å². The number of nitrogens with zero attached hydrogens (tertiary/aromatic N) is 1. The van der Waals surface area contributed by atoms with Gasteiger partial charge in [-0.05, 0) is 93.1 Å². The third kappa shape index (κ3) is 4.68. The minimum Gasteiger partial charge on any atom is -0.467 e. The van der Waals surface area contributed by atoms with Crippen LogP contribution < -0.4 is 5.32 Å². The first kappa shape index (κ1) is 28.5. The van der Waals surface area contributed by atoms with Gasteiger partial charge in [-0.2, -0.15) is 0 Å². The van der Waals surface area contributed by atoms with Crippen molar-refractivity contribution in [3.8, 4) is 0 Å². The van der Waals surface area contributed by atoms with Gasteiger partial charge in [-0.15, -0.1) is 0 Å². The highest BCUT2D eigenvalue weighted by Crippen LogP contribution is 2.67. The van der Waals surface area contributed by atoms with Gasteiger partial charge in [0.1, 0.15) is 5.60 Å². The van der Waals surface area contributed by atoms with Crippen molar-refractivity contribution < 1.29 is 29.1 Å². The number of carbonyl (C=O) groups is 3. The number of ether oxygens (including phenoxy) is 1. The summed E-state index contributed by atoms with van der Waals surface area (Å²) in [6.45, 7) is 5.79. The zero-order valence-corrected chi connectivity index (χ0v) is 24.1. The molecule has 0 radical (unpaired) electrons. The summed E-state index contributed by atoms with van der Waals surface area (Å²) in [5.74, 6) is 0.336. The number of nitrogens with one attached hydrogen (secondary N) is 1. The Balaban J connectivity index is 1.23. The summed E-state index contributed by atoms with van der Waals surface area (Å²) in [6, 6.07) is 8.03. The van der Waals surface area contributed by atoms with Gasteiger partial charge in [0.2, 0.25) is 0 Å². The van der Waals surface area contributed by atoms with Gasteiger partial charge in [-0.3, -0.25) is 9.59 Å². The maximum Gasteiger partial charge on any atom is 0.333 e. The number of carbonyl (C=O) groups excluding carboxylic acids is 3. The first-order valence-electron chi connectivity index (χ1n) is 14.6. The highest BCUT2D eigenvalue weighted by atomic mass is 16.6. The van der Waals surface area contributed by atoms with Gasteiger partial charge in [-0.1, -0.05) is 54.9 Å². The topological polar surface area (TPSA) is 114 Å². The van der Waals surface area contributed by atoms with Crippen molar-refractivity contribution in [2.75, 3.05) is 13.7 Å². The molecule has 0 saturated heterocycles. The molecule has 1 unspecified atom stereocenters. The van der Waals surface area contributed by atoms with Crippen LogP contribution in [0.5, 0.6) is 0 Å². The van der Waals surface area contributed by atoms with Crippen molar-refractivity contribution in [3.63, 3.8) is 0 Å². The number of esters is 1. The molecule has 0 aliphatic heterocycles. The summed E-state index contributed by atoms with van der Waals surface area (Å²) in [6.07, 6.45) is 9.33. The standard InChI is InChI=1S/C32H42N2O6/c1-20(35)32(38)17-14-26-24-11-10-22-18-23(12-15-30(22,2)25(24)13-16-31(26,32)3)34-40-19-27(36)33-28(29(37)39-4)21-8-6-5-7-9-21/h5-9,18,24-26,28,38H,10-17,19H2,1-4H3,(H,33,36)/t24-,25+,26+,28?,30+,31+,32+/m1/s1. The Morgan fingerprint density at radius 2 is 1.77 bits per heavy atom. The molecule has 40 heavy (non-hydrogen) atoms. The summed E-state index contributed by atoms with van der Waals surface area (Å²) in [5, 5.41) is 18.3. The van der Waals surface area contributed by atoms with Crippen molar-refractivity contribution in [1.82, 2.24) is 5.32 Å². The molecule has 2 N–H and O–H groups in total. The lowest BCUT2D eigenvalue weighted by Crippen LogP contribution is -2.57. The van der Waals surface area contributed by atoms with Gasteiger partial charge in [-0.25, -0.2) is 4.79 Å². The van der Waals surface area contributed by atoms with Crippen LogP contribution in [0.4, 0.5) is 0 Å². The third-order valence-corrected chi connectivity index (χ3v) is 11.0. The van der Waals surface area contributed by atoms with Crippen LogP contribution in [0.3, 0.4) is 0 Å². The summed E-state index contributed by atoms with van der Waals surface area (Å²) < 4.78 is 4.86. The predicted octanol–water partition coefficient (Wildman–Crippen LogP) is 4.67. The van der Waals surface area contributed by atoms with Crippen molar-refractivity contribution in [3.05, 3.63) is 47.5 Å². The fraction of sp³-hybridized carbons (Fsp3) is 0.625. The number of ketones is 1.